The minimum absolute atomic E-state index is 0.0145. The van der Waals surface area contributed by atoms with E-state index in [-0.39, 0.29) is 18.1 Å². The van der Waals surface area contributed by atoms with Crippen molar-refractivity contribution in [3.05, 3.63) is 71.0 Å². The smallest absolute Gasteiger partial charge is 0.338 e. The highest BCUT2D eigenvalue weighted by Gasteiger charge is 2.17. The Morgan fingerprint density at radius 3 is 2.25 bits per heavy atom. The van der Waals surface area contributed by atoms with Crippen molar-refractivity contribution < 1.29 is 18.7 Å². The maximum Gasteiger partial charge on any atom is 0.338 e. The van der Waals surface area contributed by atoms with E-state index in [2.05, 4.69) is 0 Å². The van der Waals surface area contributed by atoms with Crippen LogP contribution in [0.15, 0.2) is 48.5 Å². The van der Waals surface area contributed by atoms with Crippen molar-refractivity contribution in [1.82, 2.24) is 4.90 Å². The molecule has 0 saturated heterocycles. The van der Waals surface area contributed by atoms with Gasteiger partial charge in [-0.1, -0.05) is 18.2 Å². The van der Waals surface area contributed by atoms with E-state index in [0.717, 1.165) is 0 Å². The zero-order chi connectivity index (χ0) is 17.5. The molecule has 0 atom stereocenters. The molecule has 2 rings (SSSR count). The van der Waals surface area contributed by atoms with Crippen LogP contribution in [0.2, 0.25) is 0 Å². The third-order valence-electron chi connectivity index (χ3n) is 3.74. The third-order valence-corrected chi connectivity index (χ3v) is 3.74. The van der Waals surface area contributed by atoms with Crippen LogP contribution in [0, 0.1) is 5.82 Å². The Balaban J connectivity index is 2.11. The van der Waals surface area contributed by atoms with Crippen LogP contribution in [-0.4, -0.2) is 29.9 Å². The molecule has 0 aliphatic heterocycles. The third kappa shape index (κ3) is 4.19. The molecule has 0 heterocycles. The zero-order valence-electron chi connectivity index (χ0n) is 13.8. The van der Waals surface area contributed by atoms with Crippen LogP contribution in [0.3, 0.4) is 0 Å². The highest BCUT2D eigenvalue weighted by Crippen LogP contribution is 2.14. The number of carbonyl (C=O) groups is 2. The summed E-state index contributed by atoms with van der Waals surface area (Å²) in [5, 5.41) is 0. The molecule has 0 saturated carbocycles. The van der Waals surface area contributed by atoms with Crippen molar-refractivity contribution in [2.45, 2.75) is 20.5 Å². The molecule has 0 N–H and O–H groups in total. The number of hydrogen-bond acceptors (Lipinski definition) is 3. The van der Waals surface area contributed by atoms with Crippen LogP contribution in [0.1, 0.15) is 40.1 Å². The number of nitrogens with zero attached hydrogens (tertiary/aromatic N) is 1. The van der Waals surface area contributed by atoms with Gasteiger partial charge in [0.1, 0.15) is 12.4 Å². The number of hydrogen-bond donors (Lipinski definition) is 0. The van der Waals surface area contributed by atoms with Crippen molar-refractivity contribution in [3.63, 3.8) is 0 Å². The number of esters is 1. The summed E-state index contributed by atoms with van der Waals surface area (Å²) in [7, 11) is 0. The highest BCUT2D eigenvalue weighted by molar-refractivity contribution is 5.96. The fourth-order valence-electron chi connectivity index (χ4n) is 2.35. The van der Waals surface area contributed by atoms with E-state index in [1.165, 1.54) is 24.3 Å². The Labute approximate surface area is 140 Å². The maximum absolute atomic E-state index is 12.9. The molecule has 0 aromatic heterocycles. The van der Waals surface area contributed by atoms with Gasteiger partial charge in [0.25, 0.3) is 5.91 Å². The largest absolute Gasteiger partial charge is 0.457 e. The van der Waals surface area contributed by atoms with E-state index in [1.54, 1.807) is 29.2 Å². The molecular weight excluding hydrogens is 309 g/mol. The summed E-state index contributed by atoms with van der Waals surface area (Å²) in [5.41, 5.74) is 1.43. The van der Waals surface area contributed by atoms with Crippen LogP contribution in [0.4, 0.5) is 4.39 Å². The monoisotopic (exact) mass is 329 g/mol. The molecule has 5 heteroatoms. The Hall–Kier alpha value is -2.69. The molecule has 1 amide bonds. The van der Waals surface area contributed by atoms with Gasteiger partial charge >= 0.3 is 5.97 Å². The lowest BCUT2D eigenvalue weighted by Gasteiger charge is -2.20. The van der Waals surface area contributed by atoms with E-state index in [1.807, 2.05) is 13.8 Å². The number of amides is 1. The molecule has 0 aliphatic carbocycles. The minimum atomic E-state index is -0.555. The number of rotatable bonds is 6. The second kappa shape index (κ2) is 8.24. The molecule has 0 aliphatic rings. The first-order valence-corrected chi connectivity index (χ1v) is 7.86. The lowest BCUT2D eigenvalue weighted by molar-refractivity contribution is 0.0468. The summed E-state index contributed by atoms with van der Waals surface area (Å²) in [5.74, 6) is -1.06. The SMILES string of the molecule is CCN(CC)C(=O)c1ccccc1COC(=O)c1ccc(F)cc1. The highest BCUT2D eigenvalue weighted by atomic mass is 19.1. The van der Waals surface area contributed by atoms with E-state index in [0.29, 0.717) is 24.2 Å². The summed E-state index contributed by atoms with van der Waals surface area (Å²) in [6.45, 7) is 5.04. The van der Waals surface area contributed by atoms with Gasteiger partial charge in [0.15, 0.2) is 0 Å². The van der Waals surface area contributed by atoms with E-state index >= 15 is 0 Å². The molecule has 2 aromatic rings. The molecule has 0 bridgehead atoms. The molecular formula is C19H20FNO3. The lowest BCUT2D eigenvalue weighted by Crippen LogP contribution is -2.31. The average Bonchev–Trinajstić information content (AvgIpc) is 2.61. The molecule has 2 aromatic carbocycles. The van der Waals surface area contributed by atoms with Gasteiger partial charge in [0.05, 0.1) is 5.56 Å². The molecule has 126 valence electrons. The Bertz CT molecular complexity index is 709. The Morgan fingerprint density at radius 1 is 1.00 bits per heavy atom. The van der Waals surface area contributed by atoms with E-state index < -0.39 is 11.8 Å². The number of carbonyl (C=O) groups excluding carboxylic acids is 2. The number of halogens is 1. The minimum Gasteiger partial charge on any atom is -0.457 e. The van der Waals surface area contributed by atoms with Crippen molar-refractivity contribution in [2.24, 2.45) is 0 Å². The number of benzene rings is 2. The van der Waals surface area contributed by atoms with E-state index in [4.69, 9.17) is 4.74 Å². The summed E-state index contributed by atoms with van der Waals surface area (Å²) >= 11 is 0. The quantitative estimate of drug-likeness (QED) is 0.760. The fraction of sp³-hybridized carbons (Fsp3) is 0.263. The van der Waals surface area contributed by atoms with Gasteiger partial charge in [0.2, 0.25) is 0 Å². The maximum atomic E-state index is 12.9. The van der Waals surface area contributed by atoms with Crippen LogP contribution < -0.4 is 0 Å². The van der Waals surface area contributed by atoms with Gasteiger partial charge in [-0.2, -0.15) is 0 Å². The molecule has 0 spiro atoms. The summed E-state index contributed by atoms with van der Waals surface area (Å²) in [6, 6.07) is 12.2. The van der Waals surface area contributed by atoms with Crippen molar-refractivity contribution in [2.75, 3.05) is 13.1 Å². The molecule has 24 heavy (non-hydrogen) atoms. The second-order valence-corrected chi connectivity index (χ2v) is 5.22. The van der Waals surface area contributed by atoms with Gasteiger partial charge in [-0.3, -0.25) is 4.79 Å². The molecule has 0 radical (unpaired) electrons. The summed E-state index contributed by atoms with van der Waals surface area (Å²) in [4.78, 5) is 26.2. The predicted octanol–water partition coefficient (Wildman–Crippen LogP) is 3.66. The Kier molecular flexibility index (Phi) is 6.07. The average molecular weight is 329 g/mol. The van der Waals surface area contributed by atoms with Crippen molar-refractivity contribution >= 4 is 11.9 Å². The van der Waals surface area contributed by atoms with Crippen LogP contribution in [0.5, 0.6) is 0 Å². The van der Waals surface area contributed by atoms with Crippen LogP contribution >= 0.6 is 0 Å². The summed E-state index contributed by atoms with van der Waals surface area (Å²) < 4.78 is 18.2. The number of ether oxygens (including phenoxy) is 1. The molecule has 4 nitrogen and oxygen atoms in total. The fourth-order valence-corrected chi connectivity index (χ4v) is 2.35. The van der Waals surface area contributed by atoms with Gasteiger partial charge in [0, 0.05) is 24.2 Å². The van der Waals surface area contributed by atoms with E-state index in [9.17, 15) is 14.0 Å². The standard InChI is InChI=1S/C19H20FNO3/c1-3-21(4-2)18(22)17-8-6-5-7-15(17)13-24-19(23)14-9-11-16(20)12-10-14/h5-12H,3-4,13H2,1-2H3. The first kappa shape index (κ1) is 17.7. The van der Waals surface area contributed by atoms with Gasteiger partial charge < -0.3 is 9.64 Å². The van der Waals surface area contributed by atoms with Gasteiger partial charge in [-0.25, -0.2) is 9.18 Å². The lowest BCUT2D eigenvalue weighted by atomic mass is 10.1. The normalized spacial score (nSPS) is 10.3. The first-order valence-electron chi connectivity index (χ1n) is 7.86. The second-order valence-electron chi connectivity index (χ2n) is 5.22. The first-order chi connectivity index (χ1) is 11.6. The van der Waals surface area contributed by atoms with Gasteiger partial charge in [-0.15, -0.1) is 0 Å². The van der Waals surface area contributed by atoms with Crippen LogP contribution in [0.25, 0.3) is 0 Å². The zero-order valence-corrected chi connectivity index (χ0v) is 13.8. The predicted molar refractivity (Wildman–Crippen MR) is 89.2 cm³/mol. The topological polar surface area (TPSA) is 46.6 Å². The molecule has 0 fully saturated rings. The summed E-state index contributed by atoms with van der Waals surface area (Å²) in [6.07, 6.45) is 0. The molecule has 0 unspecified atom stereocenters. The Morgan fingerprint density at radius 2 is 1.62 bits per heavy atom. The van der Waals surface area contributed by atoms with Crippen LogP contribution in [-0.2, 0) is 11.3 Å². The van der Waals surface area contributed by atoms with Gasteiger partial charge in [-0.05, 0) is 44.2 Å². The van der Waals surface area contributed by atoms with Crippen molar-refractivity contribution in [1.29, 1.82) is 0 Å². The van der Waals surface area contributed by atoms with Crippen molar-refractivity contribution in [3.8, 4) is 0 Å².